The van der Waals surface area contributed by atoms with Crippen molar-refractivity contribution in [2.45, 2.75) is 74.5 Å². The average molecular weight is 934 g/mol. The molecule has 0 fully saturated rings. The molecule has 5 heteroatoms. The third kappa shape index (κ3) is 10.6. The van der Waals surface area contributed by atoms with Gasteiger partial charge in [0.2, 0.25) is 5.71 Å². The van der Waals surface area contributed by atoms with Gasteiger partial charge in [-0.2, -0.15) is 0 Å². The summed E-state index contributed by atoms with van der Waals surface area (Å²) in [7, 11) is 0. The van der Waals surface area contributed by atoms with Crippen molar-refractivity contribution >= 4 is 22.1 Å². The molecular formula is C52H51IrN3O-2. The minimum Gasteiger partial charge on any atom is -0.486 e. The normalized spacial score (nSPS) is 14.4. The summed E-state index contributed by atoms with van der Waals surface area (Å²) in [4.78, 5) is 13.3. The van der Waals surface area contributed by atoms with Gasteiger partial charge in [0, 0.05) is 54.5 Å². The van der Waals surface area contributed by atoms with E-state index in [-0.39, 0.29) is 36.8 Å². The summed E-state index contributed by atoms with van der Waals surface area (Å²) in [5.74, 6) is 0. The Hall–Kier alpha value is -5.22. The van der Waals surface area contributed by atoms with Crippen LogP contribution in [-0.4, -0.2) is 15.0 Å². The van der Waals surface area contributed by atoms with Crippen molar-refractivity contribution in [1.29, 1.82) is 0 Å². The molecule has 0 amide bonds. The molecule has 291 valence electrons. The van der Waals surface area contributed by atoms with E-state index in [4.69, 9.17) is 15.4 Å². The first-order chi connectivity index (χ1) is 30.0. The van der Waals surface area contributed by atoms with E-state index in [2.05, 4.69) is 78.2 Å². The quantitative estimate of drug-likeness (QED) is 0.149. The molecule has 1 radical (unpaired) electrons. The smallest absolute Gasteiger partial charge is 0.216 e. The molecule has 0 aliphatic heterocycles. The van der Waals surface area contributed by atoms with Gasteiger partial charge in [-0.3, -0.25) is 0 Å². The van der Waals surface area contributed by atoms with Crippen LogP contribution in [0.2, 0.25) is 0 Å². The molecule has 0 bridgehead atoms. The third-order valence-electron chi connectivity index (χ3n) is 9.14. The fraction of sp³-hybridized carbons (Fsp3) is 0.250. The van der Waals surface area contributed by atoms with Gasteiger partial charge in [0.15, 0.2) is 0 Å². The van der Waals surface area contributed by atoms with E-state index >= 15 is 0 Å². The maximum absolute atomic E-state index is 8.39. The van der Waals surface area contributed by atoms with Crippen molar-refractivity contribution in [1.82, 2.24) is 15.0 Å². The van der Waals surface area contributed by atoms with Crippen LogP contribution in [0.3, 0.4) is 0 Å². The van der Waals surface area contributed by atoms with Crippen LogP contribution >= 0.6 is 0 Å². The summed E-state index contributed by atoms with van der Waals surface area (Å²) in [5, 5.41) is 1.63. The number of fused-ring (bicyclic) bond motifs is 3. The number of furan rings is 1. The molecule has 0 spiro atoms. The van der Waals surface area contributed by atoms with E-state index in [1.807, 2.05) is 69.3 Å². The van der Waals surface area contributed by atoms with Crippen LogP contribution in [0.5, 0.6) is 0 Å². The first-order valence-electron chi connectivity index (χ1n) is 22.8. The number of rotatable bonds is 7. The number of aromatic nitrogens is 3. The molecule has 0 aliphatic rings. The fourth-order valence-corrected chi connectivity index (χ4v) is 6.71. The maximum atomic E-state index is 8.39. The predicted octanol–water partition coefficient (Wildman–Crippen LogP) is 13.4. The second-order valence-corrected chi connectivity index (χ2v) is 16.4. The Bertz CT molecular complexity index is 2890. The van der Waals surface area contributed by atoms with E-state index < -0.39 is 25.5 Å². The first kappa shape index (κ1) is 31.8. The number of benzene rings is 4. The summed E-state index contributed by atoms with van der Waals surface area (Å²) in [6.45, 7) is 7.78. The second-order valence-electron chi connectivity index (χ2n) is 16.4. The van der Waals surface area contributed by atoms with Crippen molar-refractivity contribution in [3.05, 3.63) is 173 Å². The van der Waals surface area contributed by atoms with Gasteiger partial charge in [-0.1, -0.05) is 138 Å². The summed E-state index contributed by atoms with van der Waals surface area (Å²) in [5.41, 5.74) is 9.32. The van der Waals surface area contributed by atoms with Crippen LogP contribution < -0.4 is 0 Å². The summed E-state index contributed by atoms with van der Waals surface area (Å²) in [6, 6.07) is 42.4. The molecule has 0 aliphatic carbocycles. The first-order valence-corrected chi connectivity index (χ1v) is 18.8. The van der Waals surface area contributed by atoms with Gasteiger partial charge in [-0.25, -0.2) is 4.98 Å². The standard InChI is InChI=1S/C29H27N2O.C23H24N.Ir/c1-19-8-13-24-23-6-5-7-25(27(23)32-28(24)31-19)26-17-22(14-15-30-26)16-20-9-11-21(12-10-20)18-29(2,3)4;1-17-10-12-20(14-21(17)19-8-6-5-7-9-19)22-13-11-18(16-24-22)15-23(2,3)4;/h5-6,8-15,17H,16,18H2,1-4H3;5-11,13-14,16H,15H2,1-4H3;/q2*-1;/i1D3;1D3,15D2;. The molecule has 8 aromatic rings. The molecule has 0 saturated carbocycles. The molecule has 0 saturated heterocycles. The summed E-state index contributed by atoms with van der Waals surface area (Å²) >= 11 is 0. The Balaban J connectivity index is 0.000000216. The Morgan fingerprint density at radius 2 is 1.47 bits per heavy atom. The third-order valence-corrected chi connectivity index (χ3v) is 9.14. The Kier molecular flexibility index (Phi) is 9.77. The zero-order chi connectivity index (χ0) is 46.2. The molecule has 8 rings (SSSR count). The van der Waals surface area contributed by atoms with E-state index in [1.165, 1.54) is 23.3 Å². The van der Waals surface area contributed by atoms with Crippen LogP contribution in [0, 0.1) is 36.7 Å². The minimum atomic E-state index is -2.29. The van der Waals surface area contributed by atoms with E-state index in [9.17, 15) is 0 Å². The van der Waals surface area contributed by atoms with Gasteiger partial charge in [0.1, 0.15) is 0 Å². The number of aryl methyl sites for hydroxylation is 2. The van der Waals surface area contributed by atoms with Crippen molar-refractivity contribution < 1.29 is 35.5 Å². The zero-order valence-corrected chi connectivity index (χ0v) is 35.5. The van der Waals surface area contributed by atoms with Crippen molar-refractivity contribution in [3.8, 4) is 33.6 Å². The molecule has 4 aromatic carbocycles. The summed E-state index contributed by atoms with van der Waals surface area (Å²) in [6.07, 6.45) is 3.67. The van der Waals surface area contributed by atoms with Crippen molar-refractivity contribution in [2.24, 2.45) is 10.8 Å². The van der Waals surface area contributed by atoms with Crippen molar-refractivity contribution in [3.63, 3.8) is 0 Å². The maximum Gasteiger partial charge on any atom is 0.216 e. The average Bonchev–Trinajstić information content (AvgIpc) is 3.62. The fourth-order valence-electron chi connectivity index (χ4n) is 6.71. The van der Waals surface area contributed by atoms with E-state index in [1.54, 1.807) is 36.7 Å². The number of nitrogens with zero attached hydrogens (tertiary/aromatic N) is 3. The largest absolute Gasteiger partial charge is 0.486 e. The van der Waals surface area contributed by atoms with Gasteiger partial charge in [-0.15, -0.1) is 47.5 Å². The molecule has 4 aromatic heterocycles. The van der Waals surface area contributed by atoms with Crippen LogP contribution in [0.15, 0.2) is 132 Å². The van der Waals surface area contributed by atoms with Crippen LogP contribution in [0.4, 0.5) is 0 Å². The molecular weight excluding hydrogens is 875 g/mol. The number of hydrogen-bond acceptors (Lipinski definition) is 4. The molecule has 0 atom stereocenters. The topological polar surface area (TPSA) is 51.8 Å². The monoisotopic (exact) mass is 934 g/mol. The van der Waals surface area contributed by atoms with Crippen LogP contribution in [-0.2, 0) is 39.3 Å². The Morgan fingerprint density at radius 1 is 0.702 bits per heavy atom. The van der Waals surface area contributed by atoms with Crippen LogP contribution in [0.1, 0.15) is 86.0 Å². The predicted molar refractivity (Wildman–Crippen MR) is 233 cm³/mol. The van der Waals surface area contributed by atoms with E-state index in [0.717, 1.165) is 46.0 Å². The van der Waals surface area contributed by atoms with Gasteiger partial charge in [0.25, 0.3) is 0 Å². The number of hydrogen-bond donors (Lipinski definition) is 0. The van der Waals surface area contributed by atoms with Gasteiger partial charge < -0.3 is 14.4 Å². The summed E-state index contributed by atoms with van der Waals surface area (Å²) < 4.78 is 69.3. The minimum absolute atomic E-state index is 0. The Labute approximate surface area is 363 Å². The van der Waals surface area contributed by atoms with Gasteiger partial charge in [-0.05, 0) is 94.3 Å². The molecule has 0 N–H and O–H groups in total. The van der Waals surface area contributed by atoms with Gasteiger partial charge >= 0.3 is 0 Å². The molecule has 4 nitrogen and oxygen atoms in total. The zero-order valence-electron chi connectivity index (χ0n) is 41.1. The molecule has 0 unspecified atom stereocenters. The van der Waals surface area contributed by atoms with E-state index in [0.29, 0.717) is 33.7 Å². The molecule has 57 heavy (non-hydrogen) atoms. The van der Waals surface area contributed by atoms with Gasteiger partial charge in [0.05, 0.1) is 5.58 Å². The van der Waals surface area contributed by atoms with Crippen LogP contribution in [0.25, 0.3) is 55.7 Å². The SMILES string of the molecule is [2H]C([2H])([2H])c1c[c-]c(-c2ccc(C([2H])([2H])C(C)(C)C)cn2)cc1-c1ccccc1.[2H]C([2H])([2H])c1ccc2c(n1)oc1c(-c3cc(Cc4ccc(CC(C)(C)C)cc4)ccn3)[c-]ccc12.[Ir]. The second kappa shape index (κ2) is 17.5. The molecule has 4 heterocycles. The van der Waals surface area contributed by atoms with Crippen molar-refractivity contribution in [2.75, 3.05) is 0 Å². The Morgan fingerprint density at radius 3 is 2.18 bits per heavy atom. The number of pyridine rings is 3.